The van der Waals surface area contributed by atoms with Gasteiger partial charge < -0.3 is 19.1 Å². The number of carbonyl (C=O) groups excluding carboxylic acids is 1. The van der Waals surface area contributed by atoms with Gasteiger partial charge in [-0.25, -0.2) is 0 Å². The number of rotatable bonds is 4. The summed E-state index contributed by atoms with van der Waals surface area (Å²) in [6, 6.07) is 9.15. The monoisotopic (exact) mass is 446 g/mol. The minimum absolute atomic E-state index is 0.161. The zero-order valence-corrected chi connectivity index (χ0v) is 19.6. The Bertz CT molecular complexity index is 1260. The number of aromatic nitrogens is 1. The Morgan fingerprint density at radius 3 is 2.67 bits per heavy atom. The molecule has 172 valence electrons. The lowest BCUT2D eigenvalue weighted by molar-refractivity contribution is 0.101. The summed E-state index contributed by atoms with van der Waals surface area (Å²) in [7, 11) is 3.61. The molecule has 0 bridgehead atoms. The topological polar surface area (TPSA) is 63.9 Å². The Morgan fingerprint density at radius 2 is 1.94 bits per heavy atom. The molecule has 0 radical (unpaired) electrons. The Morgan fingerprint density at radius 1 is 1.18 bits per heavy atom. The second-order valence-corrected chi connectivity index (χ2v) is 9.60. The van der Waals surface area contributed by atoms with Crippen LogP contribution in [-0.4, -0.2) is 40.6 Å². The molecule has 2 aliphatic heterocycles. The number of benzene rings is 2. The van der Waals surface area contributed by atoms with Crippen LogP contribution in [0, 0.1) is 11.8 Å². The molecule has 2 aliphatic rings. The van der Waals surface area contributed by atoms with E-state index < -0.39 is 0 Å². The van der Waals surface area contributed by atoms with E-state index in [-0.39, 0.29) is 17.3 Å². The van der Waals surface area contributed by atoms with Gasteiger partial charge in [0.25, 0.3) is 0 Å². The number of ketones is 1. The van der Waals surface area contributed by atoms with Gasteiger partial charge >= 0.3 is 0 Å². The van der Waals surface area contributed by atoms with Crippen molar-refractivity contribution in [2.45, 2.75) is 26.8 Å². The number of Topliss-reactive ketones (excluding diaryl/α,β-unsaturated/α-hetero) is 1. The van der Waals surface area contributed by atoms with Gasteiger partial charge in [0.05, 0.1) is 18.2 Å². The Balaban J connectivity index is 1.50. The lowest BCUT2D eigenvalue weighted by Gasteiger charge is -2.35. The van der Waals surface area contributed by atoms with Crippen LogP contribution in [-0.2, 0) is 13.6 Å². The van der Waals surface area contributed by atoms with Crippen LogP contribution in [0.4, 0.5) is 0 Å². The lowest BCUT2D eigenvalue weighted by atomic mass is 9.91. The van der Waals surface area contributed by atoms with E-state index in [0.29, 0.717) is 35.3 Å². The predicted molar refractivity (Wildman–Crippen MR) is 129 cm³/mol. The number of fused-ring (bicyclic) bond motifs is 2. The van der Waals surface area contributed by atoms with Crippen molar-refractivity contribution in [3.05, 3.63) is 59.0 Å². The molecular weight excluding hydrogens is 416 g/mol. The molecule has 2 aromatic carbocycles. The van der Waals surface area contributed by atoms with Crippen molar-refractivity contribution in [2.75, 3.05) is 20.2 Å². The van der Waals surface area contributed by atoms with Crippen LogP contribution in [0.15, 0.2) is 42.3 Å². The summed E-state index contributed by atoms with van der Waals surface area (Å²) in [5.41, 5.74) is 3.11. The molecule has 33 heavy (non-hydrogen) atoms. The molecule has 1 saturated heterocycles. The third kappa shape index (κ3) is 3.89. The average molecular weight is 447 g/mol. The number of nitrogens with zero attached hydrogens (tertiary/aromatic N) is 2. The number of aromatic hydroxyl groups is 1. The van der Waals surface area contributed by atoms with Gasteiger partial charge in [-0.3, -0.25) is 9.69 Å². The van der Waals surface area contributed by atoms with Crippen molar-refractivity contribution in [2.24, 2.45) is 18.9 Å². The number of hydrogen-bond donors (Lipinski definition) is 1. The van der Waals surface area contributed by atoms with E-state index >= 15 is 0 Å². The average Bonchev–Trinajstić information content (AvgIpc) is 3.26. The van der Waals surface area contributed by atoms with Gasteiger partial charge in [-0.05, 0) is 54.7 Å². The van der Waals surface area contributed by atoms with Crippen molar-refractivity contribution in [1.29, 1.82) is 0 Å². The molecule has 6 heteroatoms. The Labute approximate surface area is 194 Å². The Hall–Kier alpha value is -3.25. The molecule has 1 aromatic heterocycles. The molecule has 0 amide bonds. The first-order valence-electron chi connectivity index (χ1n) is 11.5. The van der Waals surface area contributed by atoms with Crippen LogP contribution in [0.1, 0.15) is 41.8 Å². The number of aryl methyl sites for hydroxylation is 1. The van der Waals surface area contributed by atoms with E-state index in [2.05, 4.69) is 18.7 Å². The van der Waals surface area contributed by atoms with Crippen LogP contribution in [0.2, 0.25) is 0 Å². The molecule has 3 aromatic rings. The molecule has 0 saturated carbocycles. The highest BCUT2D eigenvalue weighted by molar-refractivity contribution is 6.15. The van der Waals surface area contributed by atoms with Crippen LogP contribution in [0.3, 0.4) is 0 Å². The number of methoxy groups -OCH3 is 1. The third-order valence-corrected chi connectivity index (χ3v) is 6.76. The minimum atomic E-state index is -0.161. The molecule has 1 N–H and O–H groups in total. The first-order chi connectivity index (χ1) is 15.8. The second kappa shape index (κ2) is 8.27. The lowest BCUT2D eigenvalue weighted by Crippen LogP contribution is -2.38. The highest BCUT2D eigenvalue weighted by Gasteiger charge is 2.33. The van der Waals surface area contributed by atoms with Crippen molar-refractivity contribution in [1.82, 2.24) is 9.47 Å². The fourth-order valence-electron chi connectivity index (χ4n) is 5.38. The van der Waals surface area contributed by atoms with E-state index in [1.54, 1.807) is 25.3 Å². The SMILES string of the molecule is COc1ccc2c(c1)c(/C=C1\Oc3c(ccc(O)c3CN3CC(C)CC(C)C3)C1=O)cn2C. The predicted octanol–water partition coefficient (Wildman–Crippen LogP) is 4.99. The maximum Gasteiger partial charge on any atom is 0.231 e. The fourth-order valence-corrected chi connectivity index (χ4v) is 5.38. The van der Waals surface area contributed by atoms with Crippen LogP contribution in [0.25, 0.3) is 17.0 Å². The number of phenolic OH excluding ortho intramolecular Hbond substituents is 1. The van der Waals surface area contributed by atoms with Gasteiger partial charge in [0.2, 0.25) is 5.78 Å². The quantitative estimate of drug-likeness (QED) is 0.572. The molecule has 0 aliphatic carbocycles. The smallest absolute Gasteiger partial charge is 0.231 e. The van der Waals surface area contributed by atoms with Crippen molar-refractivity contribution in [3.8, 4) is 17.2 Å². The highest BCUT2D eigenvalue weighted by Crippen LogP contribution is 2.41. The number of likely N-dealkylation sites (tertiary alicyclic amines) is 1. The fraction of sp³-hybridized carbons (Fsp3) is 0.370. The molecule has 6 nitrogen and oxygen atoms in total. The largest absolute Gasteiger partial charge is 0.507 e. The van der Waals surface area contributed by atoms with E-state index in [1.807, 2.05) is 36.0 Å². The van der Waals surface area contributed by atoms with Crippen LogP contribution < -0.4 is 9.47 Å². The Kier molecular flexibility index (Phi) is 5.41. The van der Waals surface area contributed by atoms with Gasteiger partial charge in [0, 0.05) is 49.3 Å². The minimum Gasteiger partial charge on any atom is -0.507 e. The van der Waals surface area contributed by atoms with Gasteiger partial charge in [0.1, 0.15) is 17.2 Å². The number of allylic oxidation sites excluding steroid dienone is 1. The third-order valence-electron chi connectivity index (χ3n) is 6.76. The van der Waals surface area contributed by atoms with E-state index in [4.69, 9.17) is 9.47 Å². The number of ether oxygens (including phenoxy) is 2. The summed E-state index contributed by atoms with van der Waals surface area (Å²) in [6.07, 6.45) is 4.98. The van der Waals surface area contributed by atoms with Gasteiger partial charge in [0.15, 0.2) is 5.76 Å². The van der Waals surface area contributed by atoms with E-state index in [9.17, 15) is 9.90 Å². The first-order valence-corrected chi connectivity index (χ1v) is 11.5. The van der Waals surface area contributed by atoms with E-state index in [0.717, 1.165) is 35.3 Å². The van der Waals surface area contributed by atoms with Gasteiger partial charge in [-0.1, -0.05) is 13.8 Å². The number of piperidine rings is 1. The van der Waals surface area contributed by atoms with Gasteiger partial charge in [-0.2, -0.15) is 0 Å². The van der Waals surface area contributed by atoms with Crippen molar-refractivity contribution >= 4 is 22.8 Å². The first kappa shape index (κ1) is 21.6. The maximum atomic E-state index is 13.2. The maximum absolute atomic E-state index is 13.2. The normalized spacial score (nSPS) is 22.1. The molecule has 0 spiro atoms. The number of phenols is 1. The number of hydrogen-bond acceptors (Lipinski definition) is 5. The molecule has 2 unspecified atom stereocenters. The van der Waals surface area contributed by atoms with Crippen molar-refractivity contribution in [3.63, 3.8) is 0 Å². The second-order valence-electron chi connectivity index (χ2n) is 9.60. The molecule has 5 rings (SSSR count). The summed E-state index contributed by atoms with van der Waals surface area (Å²) in [4.78, 5) is 15.6. The zero-order valence-electron chi connectivity index (χ0n) is 19.6. The highest BCUT2D eigenvalue weighted by atomic mass is 16.5. The van der Waals surface area contributed by atoms with E-state index in [1.165, 1.54) is 6.42 Å². The number of carbonyl (C=O) groups is 1. The van der Waals surface area contributed by atoms with Crippen LogP contribution in [0.5, 0.6) is 17.2 Å². The van der Waals surface area contributed by atoms with Gasteiger partial charge in [-0.15, -0.1) is 0 Å². The molecule has 1 fully saturated rings. The summed E-state index contributed by atoms with van der Waals surface area (Å²) >= 11 is 0. The summed E-state index contributed by atoms with van der Waals surface area (Å²) < 4.78 is 13.5. The van der Waals surface area contributed by atoms with Crippen LogP contribution >= 0.6 is 0 Å². The zero-order chi connectivity index (χ0) is 23.3. The molecule has 2 atom stereocenters. The molecular formula is C27H30N2O4. The summed E-state index contributed by atoms with van der Waals surface area (Å²) in [6.45, 7) is 7.04. The summed E-state index contributed by atoms with van der Waals surface area (Å²) in [5.74, 6) is 2.73. The van der Waals surface area contributed by atoms with Crippen molar-refractivity contribution < 1.29 is 19.4 Å². The summed E-state index contributed by atoms with van der Waals surface area (Å²) in [5, 5.41) is 11.6. The molecule has 3 heterocycles. The standard InChI is InChI=1S/C27H30N2O4/c1-16-9-17(2)13-29(12-16)15-22-24(30)8-6-20-26(31)25(33-27(20)22)10-18-14-28(3)23-7-5-19(32-4)11-21(18)23/h5-8,10-11,14,16-17,30H,9,12-13,15H2,1-4H3/b25-10-.